The van der Waals surface area contributed by atoms with E-state index in [1.54, 1.807) is 6.92 Å². The Bertz CT molecular complexity index is 401. The number of hydrogen-bond donors (Lipinski definition) is 1. The molecular formula is C16H24O3. The molecule has 0 radical (unpaired) electrons. The number of carbonyl (C=O) groups is 1. The molecule has 1 aromatic rings. The van der Waals surface area contributed by atoms with Gasteiger partial charge in [-0.15, -0.1) is 0 Å². The van der Waals surface area contributed by atoms with Crippen molar-refractivity contribution in [2.24, 2.45) is 5.92 Å². The minimum atomic E-state index is -0.746. The first kappa shape index (κ1) is 15.5. The Morgan fingerprint density at radius 1 is 1.37 bits per heavy atom. The third-order valence-corrected chi connectivity index (χ3v) is 3.49. The number of ether oxygens (including phenoxy) is 1. The minimum absolute atomic E-state index is 0.0345. The maximum Gasteiger partial charge on any atom is 0.306 e. The van der Waals surface area contributed by atoms with Gasteiger partial charge in [0.1, 0.15) is 5.75 Å². The number of unbranched alkanes of at least 4 members (excludes halogenated alkanes) is 1. The maximum absolute atomic E-state index is 11.1. The van der Waals surface area contributed by atoms with Crippen molar-refractivity contribution in [3.05, 3.63) is 29.8 Å². The molecule has 0 unspecified atom stereocenters. The lowest BCUT2D eigenvalue weighted by atomic mass is 9.85. The first-order chi connectivity index (χ1) is 9.10. The molecule has 0 heterocycles. The molecular weight excluding hydrogens is 240 g/mol. The molecule has 0 amide bonds. The van der Waals surface area contributed by atoms with E-state index in [0.717, 1.165) is 30.6 Å². The number of aliphatic carboxylic acids is 1. The van der Waals surface area contributed by atoms with Crippen LogP contribution in [-0.2, 0) is 4.79 Å². The van der Waals surface area contributed by atoms with Gasteiger partial charge in [0.2, 0.25) is 0 Å². The normalized spacial score (nSPS) is 13.8. The third-order valence-electron chi connectivity index (χ3n) is 3.49. The van der Waals surface area contributed by atoms with Gasteiger partial charge in [0.05, 0.1) is 12.5 Å². The molecule has 0 aliphatic carbocycles. The van der Waals surface area contributed by atoms with Crippen LogP contribution in [0.15, 0.2) is 24.3 Å². The highest BCUT2D eigenvalue weighted by Crippen LogP contribution is 2.30. The van der Waals surface area contributed by atoms with Crippen LogP contribution in [0, 0.1) is 5.92 Å². The summed E-state index contributed by atoms with van der Waals surface area (Å²) in [7, 11) is 0. The molecule has 0 aliphatic rings. The highest BCUT2D eigenvalue weighted by Gasteiger charge is 2.23. The quantitative estimate of drug-likeness (QED) is 0.720. The van der Waals surface area contributed by atoms with Gasteiger partial charge in [-0.2, -0.15) is 0 Å². The number of rotatable bonds is 8. The summed E-state index contributed by atoms with van der Waals surface area (Å²) in [5, 5.41) is 9.16. The average Bonchev–Trinajstić information content (AvgIpc) is 2.40. The van der Waals surface area contributed by atoms with E-state index in [1.165, 1.54) is 0 Å². The monoisotopic (exact) mass is 264 g/mol. The third kappa shape index (κ3) is 4.58. The summed E-state index contributed by atoms with van der Waals surface area (Å²) < 4.78 is 5.67. The van der Waals surface area contributed by atoms with Crippen LogP contribution in [0.2, 0.25) is 0 Å². The summed E-state index contributed by atoms with van der Waals surface area (Å²) in [6.07, 6.45) is 2.95. The fraction of sp³-hybridized carbons (Fsp3) is 0.562. The van der Waals surface area contributed by atoms with Crippen LogP contribution >= 0.6 is 0 Å². The van der Waals surface area contributed by atoms with Crippen molar-refractivity contribution in [1.29, 1.82) is 0 Å². The van der Waals surface area contributed by atoms with Crippen molar-refractivity contribution >= 4 is 5.97 Å². The second-order valence-corrected chi connectivity index (χ2v) is 4.92. The summed E-state index contributed by atoms with van der Waals surface area (Å²) in [4.78, 5) is 11.1. The maximum atomic E-state index is 11.1. The van der Waals surface area contributed by atoms with E-state index in [0.29, 0.717) is 6.61 Å². The van der Waals surface area contributed by atoms with Crippen LogP contribution in [0.5, 0.6) is 5.75 Å². The van der Waals surface area contributed by atoms with E-state index in [9.17, 15) is 4.79 Å². The van der Waals surface area contributed by atoms with E-state index in [4.69, 9.17) is 9.84 Å². The van der Waals surface area contributed by atoms with Crippen molar-refractivity contribution in [1.82, 2.24) is 0 Å². The highest BCUT2D eigenvalue weighted by molar-refractivity contribution is 5.71. The van der Waals surface area contributed by atoms with Crippen LogP contribution in [0.25, 0.3) is 0 Å². The van der Waals surface area contributed by atoms with Gasteiger partial charge in [0.15, 0.2) is 0 Å². The van der Waals surface area contributed by atoms with E-state index >= 15 is 0 Å². The van der Waals surface area contributed by atoms with Crippen molar-refractivity contribution in [2.75, 3.05) is 6.61 Å². The Hall–Kier alpha value is -1.51. The lowest BCUT2D eigenvalue weighted by molar-refractivity contribution is -0.141. The zero-order valence-electron chi connectivity index (χ0n) is 12.1. The predicted octanol–water partition coefficient (Wildman–Crippen LogP) is 4.08. The molecule has 0 aliphatic heterocycles. The zero-order valence-corrected chi connectivity index (χ0v) is 12.1. The molecule has 0 bridgehead atoms. The van der Waals surface area contributed by atoms with Crippen LogP contribution in [-0.4, -0.2) is 17.7 Å². The molecule has 3 nitrogen and oxygen atoms in total. The van der Waals surface area contributed by atoms with Crippen molar-refractivity contribution < 1.29 is 14.6 Å². The first-order valence-electron chi connectivity index (χ1n) is 7.05. The first-order valence-corrected chi connectivity index (χ1v) is 7.05. The molecule has 3 heteroatoms. The van der Waals surface area contributed by atoms with Gasteiger partial charge < -0.3 is 9.84 Å². The van der Waals surface area contributed by atoms with Crippen molar-refractivity contribution in [3.63, 3.8) is 0 Å². The van der Waals surface area contributed by atoms with Gasteiger partial charge in [-0.25, -0.2) is 0 Å². The molecule has 106 valence electrons. The molecule has 1 N–H and O–H groups in total. The summed E-state index contributed by atoms with van der Waals surface area (Å²) in [6.45, 7) is 6.63. The van der Waals surface area contributed by atoms with Gasteiger partial charge in [-0.1, -0.05) is 39.3 Å². The van der Waals surface area contributed by atoms with Gasteiger partial charge in [0, 0.05) is 0 Å². The summed E-state index contributed by atoms with van der Waals surface area (Å²) >= 11 is 0. The molecule has 0 aromatic heterocycles. The number of carboxylic acid groups (broad SMARTS) is 1. The SMILES string of the molecule is CCCCOc1cccc([C@@H](CC)[C@H](C)C(=O)O)c1. The largest absolute Gasteiger partial charge is 0.494 e. The Balaban J connectivity index is 2.81. The molecule has 0 spiro atoms. The number of carboxylic acids is 1. The van der Waals surface area contributed by atoms with E-state index < -0.39 is 5.97 Å². The Morgan fingerprint density at radius 3 is 2.68 bits per heavy atom. The molecule has 0 saturated carbocycles. The minimum Gasteiger partial charge on any atom is -0.494 e. The molecule has 1 rings (SSSR count). The topological polar surface area (TPSA) is 46.5 Å². The number of hydrogen-bond acceptors (Lipinski definition) is 2. The van der Waals surface area contributed by atoms with Gasteiger partial charge in [0.25, 0.3) is 0 Å². The van der Waals surface area contributed by atoms with Crippen molar-refractivity contribution in [3.8, 4) is 5.75 Å². The standard InChI is InChI=1S/C16H24O3/c1-4-6-10-19-14-9-7-8-13(11-14)15(5-2)12(3)16(17)18/h7-9,11-12,15H,4-6,10H2,1-3H3,(H,17,18)/t12-,15-/m0/s1. The van der Waals surface area contributed by atoms with E-state index in [1.807, 2.05) is 31.2 Å². The second-order valence-electron chi connectivity index (χ2n) is 4.92. The van der Waals surface area contributed by atoms with Gasteiger partial charge in [-0.3, -0.25) is 4.79 Å². The lowest BCUT2D eigenvalue weighted by Gasteiger charge is -2.20. The summed E-state index contributed by atoms with van der Waals surface area (Å²) in [5.41, 5.74) is 1.05. The lowest BCUT2D eigenvalue weighted by Crippen LogP contribution is -2.18. The average molecular weight is 264 g/mol. The molecule has 1 aromatic carbocycles. The molecule has 0 fully saturated rings. The zero-order chi connectivity index (χ0) is 14.3. The van der Waals surface area contributed by atoms with Gasteiger partial charge in [-0.05, 0) is 36.5 Å². The Labute approximate surface area is 115 Å². The fourth-order valence-corrected chi connectivity index (χ4v) is 2.22. The smallest absolute Gasteiger partial charge is 0.306 e. The van der Waals surface area contributed by atoms with Crippen LogP contribution < -0.4 is 4.74 Å². The Morgan fingerprint density at radius 2 is 2.11 bits per heavy atom. The van der Waals surface area contributed by atoms with E-state index in [2.05, 4.69) is 6.92 Å². The van der Waals surface area contributed by atoms with Gasteiger partial charge >= 0.3 is 5.97 Å². The van der Waals surface area contributed by atoms with E-state index in [-0.39, 0.29) is 11.8 Å². The number of benzene rings is 1. The predicted molar refractivity (Wildman–Crippen MR) is 76.7 cm³/mol. The van der Waals surface area contributed by atoms with Crippen LogP contribution in [0.4, 0.5) is 0 Å². The van der Waals surface area contributed by atoms with Crippen LogP contribution in [0.1, 0.15) is 51.5 Å². The summed E-state index contributed by atoms with van der Waals surface area (Å²) in [6, 6.07) is 7.83. The molecule has 19 heavy (non-hydrogen) atoms. The summed E-state index contributed by atoms with van der Waals surface area (Å²) in [5.74, 6) is -0.255. The second kappa shape index (κ2) is 7.82. The van der Waals surface area contributed by atoms with Crippen LogP contribution in [0.3, 0.4) is 0 Å². The Kier molecular flexibility index (Phi) is 6.40. The fourth-order valence-electron chi connectivity index (χ4n) is 2.22. The highest BCUT2D eigenvalue weighted by atomic mass is 16.5. The molecule has 0 saturated heterocycles. The molecule has 2 atom stereocenters. The van der Waals surface area contributed by atoms with Crippen molar-refractivity contribution in [2.45, 2.75) is 46.0 Å².